The molecule has 0 aromatic rings. The first-order chi connectivity index (χ1) is 2.83. The van der Waals surface area contributed by atoms with Gasteiger partial charge in [0.1, 0.15) is 0 Å². The summed E-state index contributed by atoms with van der Waals surface area (Å²) in [6.45, 7) is 0. The normalized spacial score (nSPS) is 7.33. The van der Waals surface area contributed by atoms with E-state index in [0.29, 0.717) is 11.2 Å². The van der Waals surface area contributed by atoms with Crippen LogP contribution in [-0.2, 0) is 25.6 Å². The van der Waals surface area contributed by atoms with Crippen LogP contribution in [0.5, 0.6) is 0 Å². The first kappa shape index (κ1) is 12.5. The molecule has 0 rings (SSSR count). The van der Waals surface area contributed by atoms with E-state index in [-0.39, 0.29) is 14.5 Å². The molecule has 0 N–H and O–H groups in total. The van der Waals surface area contributed by atoms with Crippen LogP contribution in [0.2, 0.25) is 0 Å². The fourth-order valence-electron chi connectivity index (χ4n) is 0. The van der Waals surface area contributed by atoms with Gasteiger partial charge in [-0.3, -0.25) is 0 Å². The van der Waals surface area contributed by atoms with Crippen molar-refractivity contribution in [2.24, 2.45) is 0 Å². The fraction of sp³-hybridized carbons (Fsp3) is 0. The molecule has 0 saturated carbocycles. The summed E-state index contributed by atoms with van der Waals surface area (Å²) in [5.41, 5.74) is 0. The van der Waals surface area contributed by atoms with Crippen molar-refractivity contribution in [1.29, 1.82) is 0 Å². The molecule has 0 spiro atoms. The fourth-order valence-corrected chi connectivity index (χ4v) is 0. The van der Waals surface area contributed by atoms with Crippen molar-refractivity contribution in [1.82, 2.24) is 0 Å². The molecule has 0 aromatic heterocycles. The van der Waals surface area contributed by atoms with Crippen LogP contribution in [0.4, 0.5) is 0 Å². The molecular formula is Br2I2Pt2. The first-order valence-electron chi connectivity index (χ1n) is 0.478. The molecule has 0 aromatic carbocycles. The van der Waals surface area contributed by atoms with Crippen LogP contribution in [-0.4, -0.2) is 0 Å². The Morgan fingerprint density at radius 2 is 1.17 bits per heavy atom. The van der Waals surface area contributed by atoms with Crippen LogP contribution in [0.15, 0.2) is 0 Å². The van der Waals surface area contributed by atoms with Crippen LogP contribution in [0.25, 0.3) is 0 Å². The summed E-state index contributed by atoms with van der Waals surface area (Å²) in [5.74, 6) is 0. The Bertz CT molecular complexity index is 11.5. The van der Waals surface area contributed by atoms with Gasteiger partial charge in [-0.1, -0.05) is 0 Å². The number of halogens is 4. The van der Waals surface area contributed by atoms with Crippen LogP contribution < -0.4 is 0 Å². The monoisotopic (exact) mass is 802 g/mol. The van der Waals surface area contributed by atoms with Crippen LogP contribution in [0.3, 0.4) is 0 Å². The summed E-state index contributed by atoms with van der Waals surface area (Å²) >= 11 is 11.9. The average Bonchev–Trinajstić information content (AvgIpc) is 1.39. The predicted octanol–water partition coefficient (Wildman–Crippen LogP) is 3.46. The molecule has 0 bridgehead atoms. The second-order valence-corrected chi connectivity index (χ2v) is 26.6. The Morgan fingerprint density at radius 3 is 1.17 bits per heavy atom. The number of hydrogen-bond acceptors (Lipinski definition) is 0. The summed E-state index contributed by atoms with van der Waals surface area (Å²) < 4.78 is 0. The van der Waals surface area contributed by atoms with E-state index in [2.05, 4.69) is 65.3 Å². The summed E-state index contributed by atoms with van der Waals surface area (Å²) in [5, 5.41) is 0. The van der Waals surface area contributed by atoms with Gasteiger partial charge in [0.25, 0.3) is 0 Å². The molecule has 0 aliphatic heterocycles. The molecule has 6 heteroatoms. The third-order valence-corrected chi connectivity index (χ3v) is 0. The van der Waals surface area contributed by atoms with Crippen molar-refractivity contribution >= 4 is 65.3 Å². The minimum absolute atomic E-state index is 0.208. The minimum atomic E-state index is 0.208. The molecule has 0 saturated heterocycles. The Morgan fingerprint density at radius 1 is 1.17 bits per heavy atom. The van der Waals surface area contributed by atoms with Gasteiger partial charge in [0.15, 0.2) is 0 Å². The van der Waals surface area contributed by atoms with Crippen LogP contribution in [0.1, 0.15) is 0 Å². The molecule has 0 aliphatic rings. The topological polar surface area (TPSA) is 0 Å². The second-order valence-electron chi connectivity index (χ2n) is 0.0904. The molecule has 0 heterocycles. The van der Waals surface area contributed by atoms with Crippen LogP contribution in [0, 0.1) is 0 Å². The number of rotatable bonds is 0. The predicted molar refractivity (Wildman–Crippen MR) is 45.9 cm³/mol. The van der Waals surface area contributed by atoms with Crippen LogP contribution >= 0.6 is 65.3 Å². The van der Waals surface area contributed by atoms with E-state index in [1.807, 2.05) is 0 Å². The van der Waals surface area contributed by atoms with Gasteiger partial charge in [0.05, 0.1) is 0 Å². The molecular weight excluding hydrogens is 804 g/mol. The van der Waals surface area contributed by atoms with E-state index in [4.69, 9.17) is 0 Å². The summed E-state index contributed by atoms with van der Waals surface area (Å²) in [6.07, 6.45) is 0. The van der Waals surface area contributed by atoms with Crippen molar-refractivity contribution in [3.8, 4) is 0 Å². The van der Waals surface area contributed by atoms with Gasteiger partial charge in [-0.25, -0.2) is 0 Å². The van der Waals surface area contributed by atoms with E-state index < -0.39 is 0 Å². The van der Waals surface area contributed by atoms with Crippen molar-refractivity contribution < 1.29 is 25.6 Å². The van der Waals surface area contributed by atoms with E-state index in [1.54, 1.807) is 0 Å². The molecule has 0 aliphatic carbocycles. The maximum absolute atomic E-state index is 3.17. The molecule has 48 valence electrons. The Hall–Kier alpha value is 3.80. The Balaban J connectivity index is 0. The third-order valence-electron chi connectivity index (χ3n) is 0. The van der Waals surface area contributed by atoms with Gasteiger partial charge in [-0.05, 0) is 0 Å². The summed E-state index contributed by atoms with van der Waals surface area (Å²) in [7, 11) is 0. The second kappa shape index (κ2) is 15.9. The Kier molecular flexibility index (Phi) is 33.1. The molecule has 0 fully saturated rings. The third kappa shape index (κ3) is 25.0. The molecule has 0 unspecified atom stereocenters. The molecule has 0 amide bonds. The van der Waals surface area contributed by atoms with E-state index >= 15 is 0 Å². The van der Waals surface area contributed by atoms with E-state index in [1.165, 1.54) is 0 Å². The Labute approximate surface area is 88.4 Å². The molecule has 6 heavy (non-hydrogen) atoms. The molecule has 0 radical (unpaired) electrons. The van der Waals surface area contributed by atoms with Crippen molar-refractivity contribution in [2.75, 3.05) is 0 Å². The van der Waals surface area contributed by atoms with Gasteiger partial charge in [-0.2, -0.15) is 0 Å². The van der Waals surface area contributed by atoms with Gasteiger partial charge < -0.3 is 0 Å². The molecule has 0 atom stereocenters. The van der Waals surface area contributed by atoms with Crippen molar-refractivity contribution in [2.45, 2.75) is 0 Å². The quantitative estimate of drug-likeness (QED) is 0.330. The van der Waals surface area contributed by atoms with E-state index in [9.17, 15) is 0 Å². The molecule has 0 nitrogen and oxygen atoms in total. The summed E-state index contributed by atoms with van der Waals surface area (Å²) in [4.78, 5) is 0. The zero-order valence-electron chi connectivity index (χ0n) is 2.14. The standard InChI is InChI=1S/2BrH.2HI.2Pt/h4*1H;;/q;;;;2*+2/p-4. The van der Waals surface area contributed by atoms with Crippen molar-refractivity contribution in [3.05, 3.63) is 0 Å². The zero-order valence-corrected chi connectivity index (χ0v) is 14.2. The van der Waals surface area contributed by atoms with Gasteiger partial charge in [0.2, 0.25) is 0 Å². The SMILES string of the molecule is [Br][Pt][Br].[I][Pt][I]. The maximum atomic E-state index is 3.17. The number of hydrogen-bond donors (Lipinski definition) is 0. The summed E-state index contributed by atoms with van der Waals surface area (Å²) in [6, 6.07) is 0. The van der Waals surface area contributed by atoms with Gasteiger partial charge in [0, 0.05) is 0 Å². The zero-order chi connectivity index (χ0) is 5.41. The van der Waals surface area contributed by atoms with E-state index in [0.717, 1.165) is 0 Å². The van der Waals surface area contributed by atoms with Crippen molar-refractivity contribution in [3.63, 3.8) is 0 Å². The first-order valence-corrected chi connectivity index (χ1v) is 23.3. The average molecular weight is 804 g/mol. The van der Waals surface area contributed by atoms with Gasteiger partial charge in [-0.15, -0.1) is 0 Å². The van der Waals surface area contributed by atoms with Gasteiger partial charge >= 0.3 is 91.0 Å².